The van der Waals surface area contributed by atoms with Crippen LogP contribution >= 0.6 is 23.4 Å². The van der Waals surface area contributed by atoms with Crippen molar-refractivity contribution in [3.8, 4) is 11.1 Å². The number of hydrogen-bond donors (Lipinski definition) is 0. The molecule has 0 spiro atoms. The van der Waals surface area contributed by atoms with Crippen LogP contribution in [0.1, 0.15) is 25.0 Å². The van der Waals surface area contributed by atoms with Crippen molar-refractivity contribution >= 4 is 42.6 Å². The molecule has 6 nitrogen and oxygen atoms in total. The Hall–Kier alpha value is -3.40. The number of thioether (sulfide) groups is 1. The monoisotopic (exact) mass is 604 g/mol. The van der Waals surface area contributed by atoms with E-state index < -0.39 is 0 Å². The number of carbonyl (C=O) groups excluding carboxylic acids is 1. The van der Waals surface area contributed by atoms with Crippen molar-refractivity contribution in [1.82, 2.24) is 19.4 Å². The fraction of sp³-hybridized carbons (Fsp3) is 0.281. The summed E-state index contributed by atoms with van der Waals surface area (Å²) in [6.45, 7) is 7.89. The summed E-state index contributed by atoms with van der Waals surface area (Å²) in [6.07, 6.45) is 1.70. The number of halogens is 2. The van der Waals surface area contributed by atoms with Gasteiger partial charge in [0.25, 0.3) is 5.56 Å². The van der Waals surface area contributed by atoms with Crippen LogP contribution in [-0.2, 0) is 23.6 Å². The number of hydrogen-bond acceptors (Lipinski definition) is 5. The molecule has 0 atom stereocenters. The Morgan fingerprint density at radius 3 is 2.14 bits per heavy atom. The van der Waals surface area contributed by atoms with E-state index in [0.717, 1.165) is 41.9 Å². The summed E-state index contributed by atoms with van der Waals surface area (Å²) in [4.78, 5) is 34.6. The first-order chi connectivity index (χ1) is 20.2. The second-order valence-corrected chi connectivity index (χ2v) is 11.5. The lowest BCUT2D eigenvalue weighted by Gasteiger charge is -2.27. The maximum atomic E-state index is 13.8. The van der Waals surface area contributed by atoms with E-state index in [-0.39, 0.29) is 23.8 Å². The van der Waals surface area contributed by atoms with E-state index >= 15 is 0 Å². The van der Waals surface area contributed by atoms with Crippen LogP contribution in [0.2, 0.25) is 5.02 Å². The Morgan fingerprint density at radius 1 is 0.929 bits per heavy atom. The molecule has 0 fully saturated rings. The number of amides is 1. The zero-order valence-corrected chi connectivity index (χ0v) is 25.8. The van der Waals surface area contributed by atoms with E-state index in [1.165, 1.54) is 23.9 Å². The molecule has 0 N–H and O–H groups in total. The highest BCUT2D eigenvalue weighted by atomic mass is 35.5. The molecule has 4 aromatic rings. The molecule has 4 rings (SSSR count). The first kappa shape index (κ1) is 31.5. The number of benzene rings is 3. The fourth-order valence-electron chi connectivity index (χ4n) is 4.55. The number of rotatable bonds is 13. The van der Waals surface area contributed by atoms with Crippen LogP contribution in [0.5, 0.6) is 0 Å². The van der Waals surface area contributed by atoms with E-state index in [1.54, 1.807) is 30.7 Å². The molecule has 218 valence electrons. The Bertz CT molecular complexity index is 1530. The van der Waals surface area contributed by atoms with Crippen molar-refractivity contribution in [3.05, 3.63) is 111 Å². The van der Waals surface area contributed by atoms with Gasteiger partial charge in [-0.15, -0.1) is 0 Å². The zero-order chi connectivity index (χ0) is 30.1. The normalized spacial score (nSPS) is 11.2. The molecule has 1 heterocycles. The number of likely N-dealkylation sites (N-methyl/N-ethyl adjacent to an activating group) is 1. The highest BCUT2D eigenvalue weighted by molar-refractivity contribution is 7.98. The molecule has 0 saturated carbocycles. The Balaban J connectivity index is 1.53. The zero-order valence-electron chi connectivity index (χ0n) is 24.2. The van der Waals surface area contributed by atoms with E-state index in [0.29, 0.717) is 34.5 Å². The van der Waals surface area contributed by atoms with Crippen molar-refractivity contribution in [1.29, 1.82) is 0 Å². The van der Waals surface area contributed by atoms with Crippen LogP contribution in [0.25, 0.3) is 11.1 Å². The summed E-state index contributed by atoms with van der Waals surface area (Å²) in [5.41, 5.74) is 4.24. The first-order valence-corrected chi connectivity index (χ1v) is 15.4. The molecule has 1 aromatic heterocycles. The molecule has 0 aliphatic rings. The molecule has 0 unspecified atom stereocenters. The minimum absolute atomic E-state index is 0.0565. The van der Waals surface area contributed by atoms with Gasteiger partial charge in [-0.2, -0.15) is 4.98 Å². The number of nitrogens with zero attached hydrogens (tertiary/aromatic N) is 4. The number of carbonyl (C=O) groups is 1. The van der Waals surface area contributed by atoms with E-state index in [1.807, 2.05) is 29.2 Å². The van der Waals surface area contributed by atoms with Crippen molar-refractivity contribution in [2.24, 2.45) is 0 Å². The predicted octanol–water partition coefficient (Wildman–Crippen LogP) is 4.62. The van der Waals surface area contributed by atoms with Gasteiger partial charge < -0.3 is 14.4 Å². The van der Waals surface area contributed by atoms with E-state index in [2.05, 4.69) is 48.0 Å². The molecular formula is C32H35BClFN4O2S. The van der Waals surface area contributed by atoms with Gasteiger partial charge in [0.2, 0.25) is 5.91 Å². The minimum atomic E-state index is -0.320. The van der Waals surface area contributed by atoms with Gasteiger partial charge in [-0.3, -0.25) is 9.59 Å². The van der Waals surface area contributed by atoms with Crippen molar-refractivity contribution in [2.75, 3.05) is 26.2 Å². The summed E-state index contributed by atoms with van der Waals surface area (Å²) >= 11 is 7.40. The predicted molar refractivity (Wildman–Crippen MR) is 173 cm³/mol. The van der Waals surface area contributed by atoms with Crippen LogP contribution in [-0.4, -0.2) is 59.3 Å². The molecule has 0 bridgehead atoms. The van der Waals surface area contributed by atoms with Crippen molar-refractivity contribution in [2.45, 2.75) is 37.8 Å². The van der Waals surface area contributed by atoms with E-state index in [9.17, 15) is 14.0 Å². The maximum absolute atomic E-state index is 13.8. The number of aromatic nitrogens is 2. The third-order valence-corrected chi connectivity index (χ3v) is 8.47. The van der Waals surface area contributed by atoms with Gasteiger partial charge in [0.1, 0.15) is 20.2 Å². The minimum Gasteiger partial charge on any atom is -0.336 e. The third-order valence-electron chi connectivity index (χ3n) is 7.15. The van der Waals surface area contributed by atoms with Gasteiger partial charge in [0, 0.05) is 36.6 Å². The van der Waals surface area contributed by atoms with Gasteiger partial charge in [-0.25, -0.2) is 4.39 Å². The summed E-state index contributed by atoms with van der Waals surface area (Å²) in [6, 6.07) is 22.2. The molecule has 42 heavy (non-hydrogen) atoms. The molecule has 0 aliphatic heterocycles. The van der Waals surface area contributed by atoms with Gasteiger partial charge in [-0.1, -0.05) is 85.7 Å². The molecule has 10 heteroatoms. The smallest absolute Gasteiger partial charge is 0.267 e. The second-order valence-electron chi connectivity index (χ2n) is 10.1. The summed E-state index contributed by atoms with van der Waals surface area (Å²) < 4.78 is 15.1. The largest absolute Gasteiger partial charge is 0.336 e. The van der Waals surface area contributed by atoms with Crippen LogP contribution in [0, 0.1) is 5.82 Å². The summed E-state index contributed by atoms with van der Waals surface area (Å²) in [5.74, 6) is 0.136. The molecule has 0 saturated heterocycles. The van der Waals surface area contributed by atoms with Crippen LogP contribution in [0.3, 0.4) is 0 Å². The summed E-state index contributed by atoms with van der Waals surface area (Å²) in [7, 11) is 1.70. The average molecular weight is 605 g/mol. The molecule has 1 amide bonds. The molecule has 0 aliphatic carbocycles. The Labute approximate surface area is 256 Å². The Morgan fingerprint density at radius 2 is 1.52 bits per heavy atom. The fourth-order valence-corrected chi connectivity index (χ4v) is 5.59. The summed E-state index contributed by atoms with van der Waals surface area (Å²) in [5, 5.41) is 1.15. The van der Waals surface area contributed by atoms with E-state index in [4.69, 9.17) is 11.6 Å². The Kier molecular flexibility index (Phi) is 11.4. The molecule has 3 aromatic carbocycles. The van der Waals surface area contributed by atoms with Gasteiger partial charge in [-0.05, 0) is 65.1 Å². The van der Waals surface area contributed by atoms with Crippen LogP contribution in [0.4, 0.5) is 4.39 Å². The van der Waals surface area contributed by atoms with Crippen molar-refractivity contribution < 1.29 is 9.18 Å². The lowest BCUT2D eigenvalue weighted by Crippen LogP contribution is -2.41. The molecule has 0 radical (unpaired) electrons. The van der Waals surface area contributed by atoms with Gasteiger partial charge >= 0.3 is 0 Å². The lowest BCUT2D eigenvalue weighted by atomic mass is 10.0. The highest BCUT2D eigenvalue weighted by Gasteiger charge is 2.18. The average Bonchev–Trinajstić information content (AvgIpc) is 2.99. The third kappa shape index (κ3) is 8.80. The SMILES string of the molecule is Bc1cn(CC(=O)N(CCN(CC)CC)Cc2ccc(-c3ccc(Cl)cc3)cc2)c(SCc2ccc(F)cc2)nc1=O. The standard InChI is InChI=1S/C32H35BClFN4O2S/c1-3-37(4-2)17-18-38(19-23-5-9-25(10-6-23)26-11-13-27(34)14-12-26)30(40)21-39-20-29(33)31(41)36-32(39)42-22-24-7-15-28(35)16-8-24/h5-16,20H,3-4,17-19,21-22,33H2,1-2H3. The quantitative estimate of drug-likeness (QED) is 0.127. The second kappa shape index (κ2) is 15.2. The van der Waals surface area contributed by atoms with Crippen molar-refractivity contribution in [3.63, 3.8) is 0 Å². The highest BCUT2D eigenvalue weighted by Crippen LogP contribution is 2.23. The maximum Gasteiger partial charge on any atom is 0.267 e. The van der Waals surface area contributed by atoms with Gasteiger partial charge in [0.05, 0.1) is 0 Å². The molecular weight excluding hydrogens is 570 g/mol. The van der Waals surface area contributed by atoms with Crippen LogP contribution in [0.15, 0.2) is 88.9 Å². The lowest BCUT2D eigenvalue weighted by molar-refractivity contribution is -0.132. The van der Waals surface area contributed by atoms with Crippen LogP contribution < -0.4 is 11.0 Å². The van der Waals surface area contributed by atoms with Gasteiger partial charge in [0.15, 0.2) is 5.16 Å². The topological polar surface area (TPSA) is 58.4 Å². The first-order valence-electron chi connectivity index (χ1n) is 14.1.